The zero-order valence-electron chi connectivity index (χ0n) is 13.3. The Hall–Kier alpha value is -1.71. The van der Waals surface area contributed by atoms with Crippen LogP contribution in [0.3, 0.4) is 0 Å². The molecule has 5 heteroatoms. The maximum absolute atomic E-state index is 6.28. The van der Waals surface area contributed by atoms with E-state index in [1.165, 1.54) is 0 Å². The lowest BCUT2D eigenvalue weighted by Crippen LogP contribution is -1.95. The molecule has 0 aliphatic carbocycles. The van der Waals surface area contributed by atoms with E-state index in [1.54, 1.807) is 25.5 Å². The average molecular weight is 352 g/mol. The average Bonchev–Trinajstić information content (AvgIpc) is 2.54. The van der Waals surface area contributed by atoms with E-state index in [0.717, 1.165) is 22.6 Å². The molecular formula is C18H19Cl2NO2. The Balaban J connectivity index is 2.16. The van der Waals surface area contributed by atoms with Gasteiger partial charge in [0.05, 0.1) is 24.8 Å². The quantitative estimate of drug-likeness (QED) is 0.636. The third-order valence-corrected chi connectivity index (χ3v) is 4.03. The van der Waals surface area contributed by atoms with Gasteiger partial charge in [-0.05, 0) is 49.7 Å². The van der Waals surface area contributed by atoms with Crippen LogP contribution in [0.2, 0.25) is 10.0 Å². The SMILES string of the molecule is CCOc1ccc(C=NC(C)c2ccc(OC)cc2Cl)c(Cl)c1. The fourth-order valence-corrected chi connectivity index (χ4v) is 2.66. The van der Waals surface area contributed by atoms with Gasteiger partial charge in [-0.2, -0.15) is 0 Å². The second kappa shape index (κ2) is 8.23. The largest absolute Gasteiger partial charge is 0.497 e. The van der Waals surface area contributed by atoms with E-state index in [-0.39, 0.29) is 6.04 Å². The highest BCUT2D eigenvalue weighted by Crippen LogP contribution is 2.29. The lowest BCUT2D eigenvalue weighted by Gasteiger charge is -2.11. The second-order valence-electron chi connectivity index (χ2n) is 4.96. The van der Waals surface area contributed by atoms with Crippen LogP contribution in [0.4, 0.5) is 0 Å². The molecule has 0 spiro atoms. The first-order valence-electron chi connectivity index (χ1n) is 7.34. The van der Waals surface area contributed by atoms with Gasteiger partial charge in [-0.3, -0.25) is 4.99 Å². The van der Waals surface area contributed by atoms with E-state index in [2.05, 4.69) is 4.99 Å². The summed E-state index contributed by atoms with van der Waals surface area (Å²) in [7, 11) is 1.61. The molecule has 0 saturated carbocycles. The summed E-state index contributed by atoms with van der Waals surface area (Å²) < 4.78 is 10.6. The van der Waals surface area contributed by atoms with Crippen molar-refractivity contribution in [1.82, 2.24) is 0 Å². The predicted octanol–water partition coefficient (Wildman–Crippen LogP) is 5.58. The molecule has 122 valence electrons. The lowest BCUT2D eigenvalue weighted by molar-refractivity contribution is 0.340. The Morgan fingerprint density at radius 2 is 1.78 bits per heavy atom. The summed E-state index contributed by atoms with van der Waals surface area (Å²) in [5.41, 5.74) is 1.78. The molecule has 0 aliphatic heterocycles. The van der Waals surface area contributed by atoms with Crippen molar-refractivity contribution in [3.8, 4) is 11.5 Å². The van der Waals surface area contributed by atoms with E-state index in [9.17, 15) is 0 Å². The molecule has 0 bridgehead atoms. The van der Waals surface area contributed by atoms with Crippen molar-refractivity contribution in [2.75, 3.05) is 13.7 Å². The van der Waals surface area contributed by atoms with Gasteiger partial charge in [-0.1, -0.05) is 29.3 Å². The van der Waals surface area contributed by atoms with E-state index in [4.69, 9.17) is 32.7 Å². The van der Waals surface area contributed by atoms with Gasteiger partial charge in [0.15, 0.2) is 0 Å². The molecule has 0 aromatic heterocycles. The highest BCUT2D eigenvalue weighted by atomic mass is 35.5. The molecular weight excluding hydrogens is 333 g/mol. The Morgan fingerprint density at radius 1 is 1.09 bits per heavy atom. The molecule has 2 aromatic carbocycles. The summed E-state index contributed by atoms with van der Waals surface area (Å²) in [4.78, 5) is 4.54. The third kappa shape index (κ3) is 4.63. The van der Waals surface area contributed by atoms with Crippen LogP contribution in [0.15, 0.2) is 41.4 Å². The topological polar surface area (TPSA) is 30.8 Å². The van der Waals surface area contributed by atoms with E-state index >= 15 is 0 Å². The maximum atomic E-state index is 6.28. The van der Waals surface area contributed by atoms with Crippen LogP contribution in [-0.2, 0) is 0 Å². The maximum Gasteiger partial charge on any atom is 0.120 e. The monoisotopic (exact) mass is 351 g/mol. The predicted molar refractivity (Wildman–Crippen MR) is 96.6 cm³/mol. The molecule has 3 nitrogen and oxygen atoms in total. The first-order valence-corrected chi connectivity index (χ1v) is 8.09. The number of nitrogens with zero attached hydrogens (tertiary/aromatic N) is 1. The van der Waals surface area contributed by atoms with E-state index in [0.29, 0.717) is 16.7 Å². The summed E-state index contributed by atoms with van der Waals surface area (Å²) >= 11 is 12.5. The van der Waals surface area contributed by atoms with Gasteiger partial charge in [-0.25, -0.2) is 0 Å². The van der Waals surface area contributed by atoms with Crippen LogP contribution in [0.1, 0.15) is 31.0 Å². The molecule has 0 aliphatic rings. The fourth-order valence-electron chi connectivity index (χ4n) is 2.12. The van der Waals surface area contributed by atoms with Gasteiger partial charge in [0.25, 0.3) is 0 Å². The molecule has 0 amide bonds. The Bertz CT molecular complexity index is 701. The number of benzene rings is 2. The minimum absolute atomic E-state index is 0.0870. The summed E-state index contributed by atoms with van der Waals surface area (Å²) in [6, 6.07) is 11.0. The van der Waals surface area contributed by atoms with Crippen LogP contribution >= 0.6 is 23.2 Å². The van der Waals surface area contributed by atoms with Crippen molar-refractivity contribution >= 4 is 29.4 Å². The number of hydrogen-bond acceptors (Lipinski definition) is 3. The number of ether oxygens (including phenoxy) is 2. The molecule has 0 heterocycles. The van der Waals surface area contributed by atoms with Crippen molar-refractivity contribution in [2.45, 2.75) is 19.9 Å². The molecule has 1 atom stereocenters. The van der Waals surface area contributed by atoms with E-state index < -0.39 is 0 Å². The Kier molecular flexibility index (Phi) is 6.31. The molecule has 0 fully saturated rings. The van der Waals surface area contributed by atoms with Crippen molar-refractivity contribution < 1.29 is 9.47 Å². The Morgan fingerprint density at radius 3 is 2.39 bits per heavy atom. The summed E-state index contributed by atoms with van der Waals surface area (Å²) in [6.07, 6.45) is 1.75. The first-order chi connectivity index (χ1) is 11.0. The van der Waals surface area contributed by atoms with Gasteiger partial charge >= 0.3 is 0 Å². The molecule has 0 radical (unpaired) electrons. The van der Waals surface area contributed by atoms with Gasteiger partial charge < -0.3 is 9.47 Å². The number of halogens is 2. The number of methoxy groups -OCH3 is 1. The van der Waals surface area contributed by atoms with Gasteiger partial charge in [-0.15, -0.1) is 0 Å². The summed E-state index contributed by atoms with van der Waals surface area (Å²) in [5.74, 6) is 1.48. The fraction of sp³-hybridized carbons (Fsp3) is 0.278. The van der Waals surface area contributed by atoms with Crippen molar-refractivity contribution in [2.24, 2.45) is 4.99 Å². The summed E-state index contributed by atoms with van der Waals surface area (Å²) in [5, 5.41) is 1.24. The molecule has 1 unspecified atom stereocenters. The molecule has 2 aromatic rings. The van der Waals surface area contributed by atoms with Crippen molar-refractivity contribution in [3.63, 3.8) is 0 Å². The number of aliphatic imine (C=N–C) groups is 1. The summed E-state index contributed by atoms with van der Waals surface area (Å²) in [6.45, 7) is 4.52. The van der Waals surface area contributed by atoms with Gasteiger partial charge in [0.2, 0.25) is 0 Å². The van der Waals surface area contributed by atoms with Crippen LogP contribution in [0, 0.1) is 0 Å². The molecule has 23 heavy (non-hydrogen) atoms. The third-order valence-electron chi connectivity index (χ3n) is 3.38. The number of hydrogen-bond donors (Lipinski definition) is 0. The van der Waals surface area contributed by atoms with Crippen LogP contribution in [0.25, 0.3) is 0 Å². The minimum atomic E-state index is -0.0870. The van der Waals surface area contributed by atoms with Gasteiger partial charge in [0.1, 0.15) is 11.5 Å². The number of rotatable bonds is 6. The standard InChI is InChI=1S/C18H19Cl2NO2/c1-4-23-15-6-5-13(17(19)10-15)11-21-12(2)16-8-7-14(22-3)9-18(16)20/h5-12H,4H2,1-3H3. The molecule has 0 N–H and O–H groups in total. The zero-order valence-corrected chi connectivity index (χ0v) is 14.9. The van der Waals surface area contributed by atoms with Crippen molar-refractivity contribution in [3.05, 3.63) is 57.6 Å². The highest BCUT2D eigenvalue weighted by Gasteiger charge is 2.09. The minimum Gasteiger partial charge on any atom is -0.497 e. The second-order valence-corrected chi connectivity index (χ2v) is 5.77. The normalized spacial score (nSPS) is 12.4. The van der Waals surface area contributed by atoms with Gasteiger partial charge in [0, 0.05) is 16.8 Å². The zero-order chi connectivity index (χ0) is 16.8. The van der Waals surface area contributed by atoms with Crippen LogP contribution in [0.5, 0.6) is 11.5 Å². The van der Waals surface area contributed by atoms with Crippen LogP contribution in [-0.4, -0.2) is 19.9 Å². The smallest absolute Gasteiger partial charge is 0.120 e. The van der Waals surface area contributed by atoms with Crippen molar-refractivity contribution in [1.29, 1.82) is 0 Å². The van der Waals surface area contributed by atoms with Crippen LogP contribution < -0.4 is 9.47 Å². The lowest BCUT2D eigenvalue weighted by atomic mass is 10.1. The highest BCUT2D eigenvalue weighted by molar-refractivity contribution is 6.33. The molecule has 0 saturated heterocycles. The Labute approximate surface area is 146 Å². The van der Waals surface area contributed by atoms with E-state index in [1.807, 2.05) is 38.1 Å². The molecule has 2 rings (SSSR count). The first kappa shape index (κ1) is 17.6.